The van der Waals surface area contributed by atoms with E-state index in [4.69, 9.17) is 17.3 Å². The maximum absolute atomic E-state index is 5.86. The smallest absolute Gasteiger partial charge is 0.140 e. The molecule has 2 N–H and O–H groups in total. The highest BCUT2D eigenvalue weighted by Crippen LogP contribution is 2.27. The monoisotopic (exact) mass is 214 g/mol. The molecule has 0 amide bonds. The van der Waals surface area contributed by atoms with Crippen molar-refractivity contribution in [1.82, 2.24) is 14.7 Å². The fraction of sp³-hybridized carbons (Fsp3) is 0.667. The number of piperidine rings is 1. The minimum absolute atomic E-state index is 0.415. The molecule has 78 valence electrons. The van der Waals surface area contributed by atoms with Crippen LogP contribution in [0.1, 0.15) is 18.9 Å². The van der Waals surface area contributed by atoms with Gasteiger partial charge in [0.25, 0.3) is 0 Å². The first-order valence-corrected chi connectivity index (χ1v) is 5.23. The summed E-state index contributed by atoms with van der Waals surface area (Å²) >= 11 is 5.86. The van der Waals surface area contributed by atoms with Crippen LogP contribution in [-0.4, -0.2) is 34.8 Å². The number of anilines is 1. The minimum atomic E-state index is 0.415. The lowest BCUT2D eigenvalue weighted by Crippen LogP contribution is -2.32. The number of nitrogens with two attached hydrogens (primary N) is 1. The fourth-order valence-electron chi connectivity index (χ4n) is 1.88. The number of nitrogens with zero attached hydrogens (tertiary/aromatic N) is 3. The molecular formula is C9H15ClN4. The third kappa shape index (κ3) is 1.72. The molecule has 1 aromatic heterocycles. The Bertz CT molecular complexity index is 315. The predicted molar refractivity (Wildman–Crippen MR) is 57.4 cm³/mol. The van der Waals surface area contributed by atoms with Gasteiger partial charge in [-0.05, 0) is 33.0 Å². The van der Waals surface area contributed by atoms with Gasteiger partial charge in [-0.2, -0.15) is 5.10 Å². The van der Waals surface area contributed by atoms with Gasteiger partial charge < -0.3 is 10.6 Å². The molecule has 0 aromatic carbocycles. The van der Waals surface area contributed by atoms with Crippen molar-refractivity contribution >= 4 is 17.4 Å². The number of likely N-dealkylation sites (tertiary alicyclic amines) is 1. The minimum Gasteiger partial charge on any atom is -0.383 e. The van der Waals surface area contributed by atoms with Crippen molar-refractivity contribution in [3.05, 3.63) is 11.2 Å². The molecule has 2 rings (SSSR count). The maximum atomic E-state index is 5.86. The molecule has 0 atom stereocenters. The highest BCUT2D eigenvalue weighted by atomic mass is 35.5. The normalized spacial score (nSPS) is 20.1. The van der Waals surface area contributed by atoms with E-state index in [0.29, 0.717) is 16.9 Å². The Morgan fingerprint density at radius 1 is 1.50 bits per heavy atom. The molecular weight excluding hydrogens is 200 g/mol. The molecule has 1 fully saturated rings. The maximum Gasteiger partial charge on any atom is 0.140 e. The summed E-state index contributed by atoms with van der Waals surface area (Å²) in [6.45, 7) is 2.20. The number of hydrogen-bond donors (Lipinski definition) is 1. The van der Waals surface area contributed by atoms with Crippen molar-refractivity contribution in [1.29, 1.82) is 0 Å². The summed E-state index contributed by atoms with van der Waals surface area (Å²) in [5, 5.41) is 4.76. The molecule has 14 heavy (non-hydrogen) atoms. The van der Waals surface area contributed by atoms with Crippen LogP contribution in [0.4, 0.5) is 5.82 Å². The van der Waals surface area contributed by atoms with Gasteiger partial charge in [0.15, 0.2) is 0 Å². The molecule has 1 aliphatic rings. The average molecular weight is 215 g/mol. The van der Waals surface area contributed by atoms with Gasteiger partial charge in [0.2, 0.25) is 0 Å². The molecule has 1 aliphatic heterocycles. The summed E-state index contributed by atoms with van der Waals surface area (Å²) in [7, 11) is 2.13. The predicted octanol–water partition coefficient (Wildman–Crippen LogP) is 1.39. The summed E-state index contributed by atoms with van der Waals surface area (Å²) < 4.78 is 1.86. The van der Waals surface area contributed by atoms with Crippen molar-refractivity contribution in [2.75, 3.05) is 25.9 Å². The molecule has 0 bridgehead atoms. The Labute approximate surface area is 88.6 Å². The first-order valence-electron chi connectivity index (χ1n) is 4.85. The van der Waals surface area contributed by atoms with Gasteiger partial charge in [0.1, 0.15) is 10.8 Å². The average Bonchev–Trinajstić information content (AvgIpc) is 2.50. The van der Waals surface area contributed by atoms with E-state index in [0.717, 1.165) is 25.9 Å². The number of nitrogen functional groups attached to an aromatic ring is 1. The van der Waals surface area contributed by atoms with Gasteiger partial charge in [-0.15, -0.1) is 0 Å². The molecule has 0 saturated carbocycles. The number of rotatable bonds is 1. The number of aromatic nitrogens is 2. The van der Waals surface area contributed by atoms with E-state index >= 15 is 0 Å². The van der Waals surface area contributed by atoms with E-state index in [2.05, 4.69) is 17.0 Å². The SMILES string of the molecule is CN1CCC(n2ncc(Cl)c2N)CC1. The highest BCUT2D eigenvalue weighted by Gasteiger charge is 2.21. The second-order valence-corrected chi connectivity index (χ2v) is 4.26. The molecule has 0 spiro atoms. The molecule has 1 aromatic rings. The van der Waals surface area contributed by atoms with Crippen LogP contribution < -0.4 is 5.73 Å². The second kappa shape index (κ2) is 3.79. The van der Waals surface area contributed by atoms with Gasteiger partial charge >= 0.3 is 0 Å². The van der Waals surface area contributed by atoms with Crippen LogP contribution in [0.3, 0.4) is 0 Å². The van der Waals surface area contributed by atoms with E-state index in [1.165, 1.54) is 0 Å². The zero-order valence-corrected chi connectivity index (χ0v) is 9.04. The van der Waals surface area contributed by atoms with E-state index in [1.54, 1.807) is 6.20 Å². The second-order valence-electron chi connectivity index (χ2n) is 3.86. The molecule has 2 heterocycles. The van der Waals surface area contributed by atoms with E-state index in [1.807, 2.05) is 4.68 Å². The zero-order chi connectivity index (χ0) is 10.1. The van der Waals surface area contributed by atoms with Crippen LogP contribution in [0.15, 0.2) is 6.20 Å². The van der Waals surface area contributed by atoms with Crippen LogP contribution >= 0.6 is 11.6 Å². The van der Waals surface area contributed by atoms with Crippen molar-refractivity contribution in [3.8, 4) is 0 Å². The lowest BCUT2D eigenvalue weighted by Gasteiger charge is -2.29. The summed E-state index contributed by atoms with van der Waals surface area (Å²) in [6, 6.07) is 0.415. The molecule has 4 nitrogen and oxygen atoms in total. The van der Waals surface area contributed by atoms with Gasteiger partial charge in [0, 0.05) is 0 Å². The third-order valence-electron chi connectivity index (χ3n) is 2.82. The standard InChI is InChI=1S/C9H15ClN4/c1-13-4-2-7(3-5-13)14-9(11)8(10)6-12-14/h6-7H,2-5,11H2,1H3. The lowest BCUT2D eigenvalue weighted by atomic mass is 10.1. The number of halogens is 1. The summed E-state index contributed by atoms with van der Waals surface area (Å²) in [6.07, 6.45) is 3.81. The summed E-state index contributed by atoms with van der Waals surface area (Å²) in [5.41, 5.74) is 5.82. The Kier molecular flexibility index (Phi) is 2.65. The van der Waals surface area contributed by atoms with Crippen molar-refractivity contribution in [2.24, 2.45) is 0 Å². The van der Waals surface area contributed by atoms with Crippen molar-refractivity contribution in [3.63, 3.8) is 0 Å². The summed E-state index contributed by atoms with van der Waals surface area (Å²) in [5.74, 6) is 0.598. The van der Waals surface area contributed by atoms with Crippen LogP contribution in [0.25, 0.3) is 0 Å². The lowest BCUT2D eigenvalue weighted by molar-refractivity contribution is 0.214. The Morgan fingerprint density at radius 3 is 2.64 bits per heavy atom. The first kappa shape index (κ1) is 9.80. The largest absolute Gasteiger partial charge is 0.383 e. The topological polar surface area (TPSA) is 47.1 Å². The van der Waals surface area contributed by atoms with Crippen LogP contribution in [-0.2, 0) is 0 Å². The summed E-state index contributed by atoms with van der Waals surface area (Å²) in [4.78, 5) is 2.32. The molecule has 0 unspecified atom stereocenters. The van der Waals surface area contributed by atoms with Crippen LogP contribution in [0, 0.1) is 0 Å². The molecule has 1 saturated heterocycles. The first-order chi connectivity index (χ1) is 6.68. The number of hydrogen-bond acceptors (Lipinski definition) is 3. The van der Waals surface area contributed by atoms with Gasteiger partial charge in [0.05, 0.1) is 12.2 Å². The zero-order valence-electron chi connectivity index (χ0n) is 8.28. The van der Waals surface area contributed by atoms with E-state index in [9.17, 15) is 0 Å². The van der Waals surface area contributed by atoms with Gasteiger partial charge in [-0.3, -0.25) is 0 Å². The van der Waals surface area contributed by atoms with Gasteiger partial charge in [-0.1, -0.05) is 11.6 Å². The van der Waals surface area contributed by atoms with Crippen molar-refractivity contribution < 1.29 is 0 Å². The molecule has 0 radical (unpaired) electrons. The third-order valence-corrected chi connectivity index (χ3v) is 3.11. The highest BCUT2D eigenvalue weighted by molar-refractivity contribution is 6.32. The van der Waals surface area contributed by atoms with E-state index < -0.39 is 0 Å². The van der Waals surface area contributed by atoms with Crippen LogP contribution in [0.5, 0.6) is 0 Å². The Morgan fingerprint density at radius 2 is 2.14 bits per heavy atom. The molecule has 5 heteroatoms. The van der Waals surface area contributed by atoms with Crippen molar-refractivity contribution in [2.45, 2.75) is 18.9 Å². The van der Waals surface area contributed by atoms with Crippen LogP contribution in [0.2, 0.25) is 5.02 Å². The Hall–Kier alpha value is -0.740. The van der Waals surface area contributed by atoms with E-state index in [-0.39, 0.29) is 0 Å². The van der Waals surface area contributed by atoms with Gasteiger partial charge in [-0.25, -0.2) is 4.68 Å². The Balaban J connectivity index is 2.12. The fourth-order valence-corrected chi connectivity index (χ4v) is 2.01. The molecule has 0 aliphatic carbocycles. The quantitative estimate of drug-likeness (QED) is 0.769.